The first-order valence-electron chi connectivity index (χ1n) is 17.2. The molecule has 0 spiro atoms. The summed E-state index contributed by atoms with van der Waals surface area (Å²) in [5.41, 5.74) is 10.6. The number of benzene rings is 8. The zero-order valence-corrected chi connectivity index (χ0v) is 30.7. The molecule has 0 amide bonds. The molecule has 0 aliphatic carbocycles. The summed E-state index contributed by atoms with van der Waals surface area (Å²) >= 11 is 3.68. The van der Waals surface area contributed by atoms with Gasteiger partial charge in [-0.15, -0.1) is 0 Å². The molecule has 0 radical (unpaired) electrons. The number of hydrogen-bond acceptors (Lipinski definition) is 2. The molecule has 0 fully saturated rings. The molecule has 8 aromatic carbocycles. The molecule has 11 aromatic rings. The second-order valence-corrected chi connectivity index (χ2v) is 16.9. The molecule has 0 saturated heterocycles. The fraction of sp³-hybridized carbons (Fsp3) is 0. The minimum atomic E-state index is 0.147. The standard InChI is InChI=1S/C48H28S2Se/c1-5-15-35-31(11-1)43(29-23-25-49-27-29)32-12-2-6-16-36(32)45(35)39-19-10-22-42-47(39)41-21-9-20-40(48(41)51-42)46-37-17-7-3-13-33(37)44(30-24-26-50-28-30)34-14-4-8-18-38(34)46/h1-28H. The van der Waals surface area contributed by atoms with Crippen LogP contribution in [0.2, 0.25) is 0 Å². The van der Waals surface area contributed by atoms with Crippen LogP contribution in [-0.2, 0) is 0 Å². The van der Waals surface area contributed by atoms with Gasteiger partial charge in [0.2, 0.25) is 0 Å². The molecule has 0 saturated carbocycles. The van der Waals surface area contributed by atoms with Gasteiger partial charge in [0.05, 0.1) is 0 Å². The number of hydrogen-bond donors (Lipinski definition) is 0. The van der Waals surface area contributed by atoms with Gasteiger partial charge in [-0.25, -0.2) is 0 Å². The van der Waals surface area contributed by atoms with E-state index in [4.69, 9.17) is 0 Å². The topological polar surface area (TPSA) is 0 Å². The normalized spacial score (nSPS) is 11.9. The summed E-state index contributed by atoms with van der Waals surface area (Å²) in [6.07, 6.45) is 0. The van der Waals surface area contributed by atoms with Crippen molar-refractivity contribution in [2.75, 3.05) is 0 Å². The summed E-state index contributed by atoms with van der Waals surface area (Å²) in [6, 6.07) is 54.8. The van der Waals surface area contributed by atoms with E-state index in [9.17, 15) is 0 Å². The van der Waals surface area contributed by atoms with Crippen LogP contribution >= 0.6 is 22.7 Å². The van der Waals surface area contributed by atoms with Crippen molar-refractivity contribution < 1.29 is 0 Å². The third kappa shape index (κ3) is 4.37. The molecule has 51 heavy (non-hydrogen) atoms. The van der Waals surface area contributed by atoms with E-state index in [0.717, 1.165) is 0 Å². The molecule has 0 aliphatic rings. The Bertz CT molecular complexity index is 3010. The van der Waals surface area contributed by atoms with Crippen LogP contribution in [0.15, 0.2) is 167 Å². The maximum atomic E-state index is 2.38. The molecule has 0 bridgehead atoms. The van der Waals surface area contributed by atoms with Gasteiger partial charge in [0, 0.05) is 0 Å². The monoisotopic (exact) mass is 748 g/mol. The van der Waals surface area contributed by atoms with Crippen molar-refractivity contribution in [2.45, 2.75) is 0 Å². The van der Waals surface area contributed by atoms with Gasteiger partial charge in [-0.2, -0.15) is 0 Å². The fourth-order valence-electron chi connectivity index (χ4n) is 8.53. The van der Waals surface area contributed by atoms with Crippen LogP contribution in [0.25, 0.3) is 107 Å². The van der Waals surface area contributed by atoms with Crippen LogP contribution in [-0.4, -0.2) is 14.5 Å². The third-order valence-electron chi connectivity index (χ3n) is 10.5. The van der Waals surface area contributed by atoms with E-state index in [1.165, 1.54) is 107 Å². The van der Waals surface area contributed by atoms with E-state index in [1.54, 1.807) is 22.7 Å². The predicted octanol–water partition coefficient (Wildman–Crippen LogP) is 14.5. The van der Waals surface area contributed by atoms with Crippen LogP contribution in [0.5, 0.6) is 0 Å². The Morgan fingerprint density at radius 2 is 0.725 bits per heavy atom. The van der Waals surface area contributed by atoms with Crippen molar-refractivity contribution in [1.29, 1.82) is 0 Å². The fourth-order valence-corrected chi connectivity index (χ4v) is 12.4. The van der Waals surface area contributed by atoms with Gasteiger partial charge >= 0.3 is 311 Å². The first kappa shape index (κ1) is 29.4. The number of rotatable bonds is 4. The maximum absolute atomic E-state index is 2.38. The average Bonchev–Trinajstić information content (AvgIpc) is 3.98. The summed E-state index contributed by atoms with van der Waals surface area (Å²) < 4.78 is 2.94. The Kier molecular flexibility index (Phi) is 6.72. The Balaban J connectivity index is 1.25. The Morgan fingerprint density at radius 3 is 1.18 bits per heavy atom. The first-order chi connectivity index (χ1) is 25.3. The van der Waals surface area contributed by atoms with Gasteiger partial charge in [0.1, 0.15) is 0 Å². The minimum absolute atomic E-state index is 0.147. The molecule has 0 nitrogen and oxygen atoms in total. The molecule has 3 heterocycles. The van der Waals surface area contributed by atoms with Gasteiger partial charge < -0.3 is 0 Å². The van der Waals surface area contributed by atoms with Crippen molar-refractivity contribution in [3.05, 3.63) is 167 Å². The van der Waals surface area contributed by atoms with E-state index in [2.05, 4.69) is 167 Å². The van der Waals surface area contributed by atoms with E-state index in [-0.39, 0.29) is 14.5 Å². The van der Waals surface area contributed by atoms with E-state index in [0.29, 0.717) is 0 Å². The third-order valence-corrected chi connectivity index (χ3v) is 14.4. The molecule has 3 heteroatoms. The van der Waals surface area contributed by atoms with Crippen molar-refractivity contribution in [3.8, 4) is 44.5 Å². The van der Waals surface area contributed by atoms with Gasteiger partial charge in [0.25, 0.3) is 0 Å². The van der Waals surface area contributed by atoms with Crippen molar-refractivity contribution in [1.82, 2.24) is 0 Å². The molecular formula is C48H28S2Se. The number of fused-ring (bicyclic) bond motifs is 7. The average molecular weight is 748 g/mol. The molecule has 0 N–H and O–H groups in total. The molecule has 0 aliphatic heterocycles. The Labute approximate surface area is 309 Å². The van der Waals surface area contributed by atoms with Crippen LogP contribution in [0.1, 0.15) is 0 Å². The predicted molar refractivity (Wildman–Crippen MR) is 226 cm³/mol. The van der Waals surface area contributed by atoms with Gasteiger partial charge in [-0.1, -0.05) is 0 Å². The number of thiophene rings is 2. The quantitative estimate of drug-likeness (QED) is 0.124. The summed E-state index contributed by atoms with van der Waals surface area (Å²) in [4.78, 5) is 0. The molecule has 0 atom stereocenters. The van der Waals surface area contributed by atoms with Gasteiger partial charge in [-0.05, 0) is 0 Å². The zero-order chi connectivity index (χ0) is 33.5. The molecule has 238 valence electrons. The van der Waals surface area contributed by atoms with Crippen LogP contribution in [0.4, 0.5) is 0 Å². The summed E-state index contributed by atoms with van der Waals surface area (Å²) in [6.45, 7) is 0. The molecule has 11 rings (SSSR count). The Morgan fingerprint density at radius 1 is 0.333 bits per heavy atom. The SMILES string of the molecule is c1cc(-c2c3ccccc3c(-c3ccsc3)c3ccccc23)c2c(c1)[se]c1c(-c3c4ccccc4c(-c4ccsc4)c4ccccc34)cccc12. The van der Waals surface area contributed by atoms with Gasteiger partial charge in [0.15, 0.2) is 0 Å². The summed E-state index contributed by atoms with van der Waals surface area (Å²) in [5.74, 6) is 0. The second kappa shape index (κ2) is 11.6. The van der Waals surface area contributed by atoms with Crippen molar-refractivity contribution >= 4 is 99.6 Å². The van der Waals surface area contributed by atoms with E-state index >= 15 is 0 Å². The second-order valence-electron chi connectivity index (χ2n) is 13.2. The van der Waals surface area contributed by atoms with Crippen molar-refractivity contribution in [2.24, 2.45) is 0 Å². The molecule has 3 aromatic heterocycles. The molecule has 0 unspecified atom stereocenters. The summed E-state index contributed by atoms with van der Waals surface area (Å²) in [7, 11) is 0. The van der Waals surface area contributed by atoms with E-state index < -0.39 is 0 Å². The van der Waals surface area contributed by atoms with Crippen LogP contribution < -0.4 is 0 Å². The Hall–Kier alpha value is -5.28. The van der Waals surface area contributed by atoms with E-state index in [1.807, 2.05) is 0 Å². The van der Waals surface area contributed by atoms with Crippen molar-refractivity contribution in [3.63, 3.8) is 0 Å². The first-order valence-corrected chi connectivity index (χ1v) is 20.8. The molecular weight excluding hydrogens is 720 g/mol. The summed E-state index contributed by atoms with van der Waals surface area (Å²) in [5, 5.41) is 22.2. The van der Waals surface area contributed by atoms with Gasteiger partial charge in [-0.3, -0.25) is 0 Å². The van der Waals surface area contributed by atoms with Crippen LogP contribution in [0, 0.1) is 0 Å². The zero-order valence-electron chi connectivity index (χ0n) is 27.4. The van der Waals surface area contributed by atoms with Crippen LogP contribution in [0.3, 0.4) is 0 Å².